The zero-order valence-corrected chi connectivity index (χ0v) is 9.50. The van der Waals surface area contributed by atoms with Crippen molar-refractivity contribution >= 4 is 21.4 Å². The smallest absolute Gasteiger partial charge is 0.425 e. The van der Waals surface area contributed by atoms with Gasteiger partial charge in [0.2, 0.25) is 0 Å². The number of methoxy groups -OCH3 is 1. The highest BCUT2D eigenvalue weighted by Gasteiger charge is 2.33. The van der Waals surface area contributed by atoms with Crippen LogP contribution >= 0.6 is 11.3 Å². The molecule has 5 heteroatoms. The highest BCUT2D eigenvalue weighted by molar-refractivity contribution is 7.19. The van der Waals surface area contributed by atoms with Gasteiger partial charge in [0, 0.05) is 0 Å². The Hall–Kier alpha value is -1.23. The van der Waals surface area contributed by atoms with Crippen LogP contribution < -0.4 is 4.74 Å². The van der Waals surface area contributed by atoms with Gasteiger partial charge in [-0.15, -0.1) is 11.3 Å². The standard InChI is InChI=1S/C11H9F3OS/c1-6-3-7-5-9(11(12,13)14)16-10(7)8(4-6)15-2/h3-5H,1-2H3. The van der Waals surface area contributed by atoms with Crippen molar-refractivity contribution in [3.8, 4) is 5.75 Å². The number of benzene rings is 1. The molecule has 1 heterocycles. The third-order valence-corrected chi connectivity index (χ3v) is 3.44. The highest BCUT2D eigenvalue weighted by atomic mass is 32.1. The van der Waals surface area contributed by atoms with Crippen LogP contribution in [0.5, 0.6) is 5.75 Å². The fraction of sp³-hybridized carbons (Fsp3) is 0.273. The summed E-state index contributed by atoms with van der Waals surface area (Å²) >= 11 is 0.714. The van der Waals surface area contributed by atoms with Gasteiger partial charge >= 0.3 is 6.18 Å². The molecule has 86 valence electrons. The second-order valence-corrected chi connectivity index (χ2v) is 4.55. The van der Waals surface area contributed by atoms with E-state index < -0.39 is 11.1 Å². The Bertz CT molecular complexity index is 528. The van der Waals surface area contributed by atoms with Gasteiger partial charge in [-0.3, -0.25) is 0 Å². The minimum Gasteiger partial charge on any atom is -0.495 e. The van der Waals surface area contributed by atoms with Crippen LogP contribution in [-0.2, 0) is 6.18 Å². The number of aryl methyl sites for hydroxylation is 1. The topological polar surface area (TPSA) is 9.23 Å². The Morgan fingerprint density at radius 2 is 1.88 bits per heavy atom. The molecule has 16 heavy (non-hydrogen) atoms. The molecule has 0 aliphatic rings. The fourth-order valence-electron chi connectivity index (χ4n) is 1.56. The molecule has 2 rings (SSSR count). The lowest BCUT2D eigenvalue weighted by Crippen LogP contribution is -2.00. The van der Waals surface area contributed by atoms with E-state index in [4.69, 9.17) is 4.74 Å². The fourth-order valence-corrected chi connectivity index (χ4v) is 2.56. The first-order chi connectivity index (χ1) is 7.41. The molecular formula is C11H9F3OS. The molecule has 0 N–H and O–H groups in total. The lowest BCUT2D eigenvalue weighted by Gasteiger charge is -2.02. The number of fused-ring (bicyclic) bond motifs is 1. The summed E-state index contributed by atoms with van der Waals surface area (Å²) in [5, 5.41) is 0.578. The van der Waals surface area contributed by atoms with Crippen molar-refractivity contribution in [2.24, 2.45) is 0 Å². The predicted octanol–water partition coefficient (Wildman–Crippen LogP) is 4.24. The summed E-state index contributed by atoms with van der Waals surface area (Å²) in [4.78, 5) is -0.591. The first kappa shape index (κ1) is 11.3. The molecular weight excluding hydrogens is 237 g/mol. The highest BCUT2D eigenvalue weighted by Crippen LogP contribution is 2.41. The van der Waals surface area contributed by atoms with Gasteiger partial charge in [-0.05, 0) is 30.0 Å². The molecule has 0 unspecified atom stereocenters. The van der Waals surface area contributed by atoms with Gasteiger partial charge in [0.1, 0.15) is 10.6 Å². The van der Waals surface area contributed by atoms with Crippen LogP contribution in [0.15, 0.2) is 18.2 Å². The Labute approximate surface area is 94.5 Å². The van der Waals surface area contributed by atoms with Crippen LogP contribution in [0.2, 0.25) is 0 Å². The summed E-state index contributed by atoms with van der Waals surface area (Å²) < 4.78 is 43.2. The molecule has 1 aromatic carbocycles. The molecule has 0 radical (unpaired) electrons. The predicted molar refractivity (Wildman–Crippen MR) is 58.1 cm³/mol. The molecule has 0 amide bonds. The van der Waals surface area contributed by atoms with E-state index in [0.29, 0.717) is 27.2 Å². The molecule has 0 atom stereocenters. The summed E-state index contributed by atoms with van der Waals surface area (Å²) in [7, 11) is 1.46. The van der Waals surface area contributed by atoms with E-state index in [1.54, 1.807) is 12.1 Å². The van der Waals surface area contributed by atoms with E-state index in [1.165, 1.54) is 7.11 Å². The Balaban J connectivity index is 2.70. The van der Waals surface area contributed by atoms with Crippen LogP contribution in [0.4, 0.5) is 13.2 Å². The lowest BCUT2D eigenvalue weighted by atomic mass is 10.1. The van der Waals surface area contributed by atoms with E-state index in [1.807, 2.05) is 6.92 Å². The molecule has 0 fully saturated rings. The Morgan fingerprint density at radius 1 is 1.19 bits per heavy atom. The van der Waals surface area contributed by atoms with Gasteiger partial charge in [0.15, 0.2) is 0 Å². The minimum absolute atomic E-state index is 0.496. The molecule has 1 aromatic heterocycles. The summed E-state index contributed by atoms with van der Waals surface area (Å²) in [6.07, 6.45) is -4.29. The summed E-state index contributed by atoms with van der Waals surface area (Å²) in [6, 6.07) is 4.62. The maximum absolute atomic E-state index is 12.5. The maximum atomic E-state index is 12.5. The second kappa shape index (κ2) is 3.66. The van der Waals surface area contributed by atoms with Gasteiger partial charge in [-0.25, -0.2) is 0 Å². The average Bonchev–Trinajstić information content (AvgIpc) is 2.59. The summed E-state index contributed by atoms with van der Waals surface area (Å²) in [5.41, 5.74) is 0.885. The third kappa shape index (κ3) is 1.87. The summed E-state index contributed by atoms with van der Waals surface area (Å²) in [5.74, 6) is 0.496. The largest absolute Gasteiger partial charge is 0.495 e. The van der Waals surface area contributed by atoms with E-state index in [2.05, 4.69) is 0 Å². The molecule has 0 aliphatic heterocycles. The van der Waals surface area contributed by atoms with Gasteiger partial charge < -0.3 is 4.74 Å². The lowest BCUT2D eigenvalue weighted by molar-refractivity contribution is -0.134. The zero-order valence-electron chi connectivity index (χ0n) is 8.68. The van der Waals surface area contributed by atoms with Gasteiger partial charge in [0.25, 0.3) is 0 Å². The molecule has 0 bridgehead atoms. The van der Waals surface area contributed by atoms with E-state index in [-0.39, 0.29) is 0 Å². The minimum atomic E-state index is -4.29. The molecule has 1 nitrogen and oxygen atoms in total. The molecule has 0 saturated carbocycles. The van der Waals surface area contributed by atoms with Gasteiger partial charge in [-0.1, -0.05) is 6.07 Å². The van der Waals surface area contributed by atoms with Crippen molar-refractivity contribution in [3.63, 3.8) is 0 Å². The van der Waals surface area contributed by atoms with E-state index >= 15 is 0 Å². The van der Waals surface area contributed by atoms with Crippen molar-refractivity contribution in [3.05, 3.63) is 28.6 Å². The normalized spacial score (nSPS) is 12.1. The Kier molecular flexibility index (Phi) is 2.58. The third-order valence-electron chi connectivity index (χ3n) is 2.23. The van der Waals surface area contributed by atoms with E-state index in [9.17, 15) is 13.2 Å². The molecule has 2 aromatic rings. The van der Waals surface area contributed by atoms with Crippen molar-refractivity contribution in [1.82, 2.24) is 0 Å². The first-order valence-corrected chi connectivity index (χ1v) is 5.39. The van der Waals surface area contributed by atoms with Crippen LogP contribution in [-0.4, -0.2) is 7.11 Å². The quantitative estimate of drug-likeness (QED) is 0.731. The summed E-state index contributed by atoms with van der Waals surface area (Å²) in [6.45, 7) is 1.83. The number of hydrogen-bond donors (Lipinski definition) is 0. The first-order valence-electron chi connectivity index (χ1n) is 4.57. The van der Waals surface area contributed by atoms with Gasteiger partial charge in [-0.2, -0.15) is 13.2 Å². The maximum Gasteiger partial charge on any atom is 0.425 e. The van der Waals surface area contributed by atoms with Gasteiger partial charge in [0.05, 0.1) is 11.8 Å². The number of rotatable bonds is 1. The molecule has 0 aliphatic carbocycles. The van der Waals surface area contributed by atoms with Crippen LogP contribution in [0, 0.1) is 6.92 Å². The van der Waals surface area contributed by atoms with Crippen LogP contribution in [0.25, 0.3) is 10.1 Å². The van der Waals surface area contributed by atoms with Crippen molar-refractivity contribution in [1.29, 1.82) is 0 Å². The Morgan fingerprint density at radius 3 is 2.44 bits per heavy atom. The number of thiophene rings is 1. The number of halogens is 3. The SMILES string of the molecule is COc1cc(C)cc2cc(C(F)(F)F)sc12. The van der Waals surface area contributed by atoms with Crippen molar-refractivity contribution < 1.29 is 17.9 Å². The monoisotopic (exact) mass is 246 g/mol. The second-order valence-electron chi connectivity index (χ2n) is 3.49. The molecule has 0 saturated heterocycles. The number of ether oxygens (including phenoxy) is 1. The van der Waals surface area contributed by atoms with Crippen LogP contribution in [0.1, 0.15) is 10.4 Å². The zero-order chi connectivity index (χ0) is 11.9. The van der Waals surface area contributed by atoms with Crippen LogP contribution in [0.3, 0.4) is 0 Å². The van der Waals surface area contributed by atoms with E-state index in [0.717, 1.165) is 11.6 Å². The number of hydrogen-bond acceptors (Lipinski definition) is 2. The average molecular weight is 246 g/mol. The number of alkyl halides is 3. The molecule has 0 spiro atoms. The van der Waals surface area contributed by atoms with Crippen molar-refractivity contribution in [2.75, 3.05) is 7.11 Å². The van der Waals surface area contributed by atoms with Crippen molar-refractivity contribution in [2.45, 2.75) is 13.1 Å².